The molecule has 0 spiro atoms. The van der Waals surface area contributed by atoms with Crippen LogP contribution in [0.5, 0.6) is 0 Å². The number of nitrogens with zero attached hydrogens (tertiary/aromatic N) is 1. The lowest BCUT2D eigenvalue weighted by atomic mass is 10.0. The maximum atomic E-state index is 12.9. The van der Waals surface area contributed by atoms with Crippen molar-refractivity contribution in [2.75, 3.05) is 12.7 Å². The Morgan fingerprint density at radius 3 is 2.50 bits per heavy atom. The van der Waals surface area contributed by atoms with E-state index in [1.54, 1.807) is 6.08 Å². The van der Waals surface area contributed by atoms with Crippen LogP contribution in [0.1, 0.15) is 41.0 Å². The minimum atomic E-state index is -2.75. The largest absolute Gasteiger partial charge is 0.311 e. The molecule has 1 heterocycles. The number of allylic oxidation sites excluding steroid dienone is 1. The third kappa shape index (κ3) is 2.97. The van der Waals surface area contributed by atoms with Crippen LogP contribution in [0.25, 0.3) is 0 Å². The fraction of sp³-hybridized carbons (Fsp3) is 0.833. The molecule has 4 heteroatoms. The highest BCUT2D eigenvalue weighted by Gasteiger charge is 2.46. The summed E-state index contributed by atoms with van der Waals surface area (Å²) in [6, 6.07) is 0. The van der Waals surface area contributed by atoms with Crippen LogP contribution in [0.2, 0.25) is 0 Å². The zero-order valence-corrected chi connectivity index (χ0v) is 12.0. The summed E-state index contributed by atoms with van der Waals surface area (Å²) in [6.45, 7) is 14.7. The summed E-state index contributed by atoms with van der Waals surface area (Å²) in [5.74, 6) is 0. The predicted molar refractivity (Wildman–Crippen MR) is 68.9 cm³/mol. The molecule has 0 aromatic rings. The van der Waals surface area contributed by atoms with E-state index in [1.807, 2.05) is 18.5 Å². The van der Waals surface area contributed by atoms with Crippen LogP contribution in [0.4, 0.5) is 0 Å². The van der Waals surface area contributed by atoms with Gasteiger partial charge in [-0.25, -0.2) is 4.67 Å². The summed E-state index contributed by atoms with van der Waals surface area (Å²) in [5.41, 5.74) is -0.421. The van der Waals surface area contributed by atoms with E-state index in [1.165, 1.54) is 0 Å². The van der Waals surface area contributed by atoms with Gasteiger partial charge in [0, 0.05) is 12.1 Å². The average molecular weight is 245 g/mol. The second-order valence-electron chi connectivity index (χ2n) is 6.00. The molecule has 0 aliphatic carbocycles. The van der Waals surface area contributed by atoms with Gasteiger partial charge >= 0.3 is 0 Å². The first-order chi connectivity index (χ1) is 7.11. The van der Waals surface area contributed by atoms with Crippen LogP contribution in [-0.2, 0) is 9.09 Å². The lowest BCUT2D eigenvalue weighted by Crippen LogP contribution is -2.47. The zero-order chi connectivity index (χ0) is 12.6. The van der Waals surface area contributed by atoms with E-state index in [4.69, 9.17) is 4.52 Å². The average Bonchev–Trinajstić information content (AvgIpc) is 1.97. The summed E-state index contributed by atoms with van der Waals surface area (Å²) in [7, 11) is -2.75. The molecule has 0 bridgehead atoms. The predicted octanol–water partition coefficient (Wildman–Crippen LogP) is 3.66. The molecule has 0 saturated carbocycles. The molecule has 94 valence electrons. The van der Waals surface area contributed by atoms with Crippen LogP contribution < -0.4 is 0 Å². The molecule has 0 N–H and O–H groups in total. The van der Waals surface area contributed by atoms with Crippen molar-refractivity contribution in [2.45, 2.75) is 52.2 Å². The first kappa shape index (κ1) is 14.0. The number of rotatable bonds is 2. The summed E-state index contributed by atoms with van der Waals surface area (Å²) in [4.78, 5) is 0. The van der Waals surface area contributed by atoms with Crippen LogP contribution >= 0.6 is 7.52 Å². The molecule has 1 atom stereocenters. The third-order valence-electron chi connectivity index (χ3n) is 2.82. The fourth-order valence-electron chi connectivity index (χ4n) is 2.10. The topological polar surface area (TPSA) is 29.5 Å². The second kappa shape index (κ2) is 4.29. The molecule has 1 saturated heterocycles. The van der Waals surface area contributed by atoms with Gasteiger partial charge < -0.3 is 4.52 Å². The van der Waals surface area contributed by atoms with Gasteiger partial charge in [0.25, 0.3) is 7.52 Å². The fourth-order valence-corrected chi connectivity index (χ4v) is 4.98. The minimum Gasteiger partial charge on any atom is -0.311 e. The Balaban J connectivity index is 3.02. The normalized spacial score (nSPS) is 31.3. The summed E-state index contributed by atoms with van der Waals surface area (Å²) in [5, 5.41) is 0. The van der Waals surface area contributed by atoms with Crippen molar-refractivity contribution in [3.8, 4) is 0 Å². The Bertz CT molecular complexity index is 317. The maximum absolute atomic E-state index is 12.9. The lowest BCUT2D eigenvalue weighted by Gasteiger charge is -2.48. The first-order valence-corrected chi connectivity index (χ1v) is 7.56. The zero-order valence-electron chi connectivity index (χ0n) is 11.1. The highest BCUT2D eigenvalue weighted by Crippen LogP contribution is 2.60. The van der Waals surface area contributed by atoms with Gasteiger partial charge in [-0.3, -0.25) is 4.57 Å². The molecule has 1 fully saturated rings. The molecule has 3 nitrogen and oxygen atoms in total. The Kier molecular flexibility index (Phi) is 3.74. The van der Waals surface area contributed by atoms with Crippen molar-refractivity contribution in [1.82, 2.24) is 4.67 Å². The van der Waals surface area contributed by atoms with Crippen LogP contribution in [0, 0.1) is 0 Å². The Labute approximate surface area is 99.4 Å². The van der Waals surface area contributed by atoms with Crippen LogP contribution in [0.3, 0.4) is 0 Å². The van der Waals surface area contributed by atoms with Crippen molar-refractivity contribution < 1.29 is 9.09 Å². The van der Waals surface area contributed by atoms with E-state index >= 15 is 0 Å². The van der Waals surface area contributed by atoms with E-state index in [2.05, 4.69) is 27.4 Å². The van der Waals surface area contributed by atoms with E-state index in [0.717, 1.165) is 13.0 Å². The molecule has 16 heavy (non-hydrogen) atoms. The van der Waals surface area contributed by atoms with Gasteiger partial charge in [0.05, 0.1) is 11.8 Å². The highest BCUT2D eigenvalue weighted by atomic mass is 31.2. The van der Waals surface area contributed by atoms with Crippen molar-refractivity contribution in [1.29, 1.82) is 0 Å². The van der Waals surface area contributed by atoms with Crippen molar-refractivity contribution >= 4 is 7.52 Å². The summed E-state index contributed by atoms with van der Waals surface area (Å²) in [6.07, 6.45) is 3.03. The van der Waals surface area contributed by atoms with Crippen molar-refractivity contribution in [3.63, 3.8) is 0 Å². The van der Waals surface area contributed by atoms with Gasteiger partial charge in [0.1, 0.15) is 0 Å². The summed E-state index contributed by atoms with van der Waals surface area (Å²) >= 11 is 0. The van der Waals surface area contributed by atoms with E-state index in [0.29, 0.717) is 6.16 Å². The molecule has 1 rings (SSSR count). The molecular formula is C12H24NO2P. The molecule has 0 radical (unpaired) electrons. The van der Waals surface area contributed by atoms with Gasteiger partial charge in [-0.15, -0.1) is 6.58 Å². The Morgan fingerprint density at radius 2 is 2.06 bits per heavy atom. The number of hydrogen-bond acceptors (Lipinski definition) is 2. The van der Waals surface area contributed by atoms with Gasteiger partial charge in [-0.2, -0.15) is 0 Å². The smallest absolute Gasteiger partial charge is 0.277 e. The first-order valence-electron chi connectivity index (χ1n) is 5.80. The highest BCUT2D eigenvalue weighted by molar-refractivity contribution is 7.56. The maximum Gasteiger partial charge on any atom is 0.277 e. The standard InChI is InChI=1S/C12H24NO2P/c1-7-10-16(14)13(11(2,3)4)9-8-12(5,6)15-16/h7H,1,8-10H2,2-6H3. The SMILES string of the molecule is C=CCP1(=O)OC(C)(C)CCN1C(C)(C)C. The van der Waals surface area contributed by atoms with Gasteiger partial charge in [0.2, 0.25) is 0 Å². The summed E-state index contributed by atoms with van der Waals surface area (Å²) < 4.78 is 20.7. The van der Waals surface area contributed by atoms with Gasteiger partial charge in [-0.05, 0) is 41.0 Å². The van der Waals surface area contributed by atoms with E-state index in [9.17, 15) is 4.57 Å². The minimum absolute atomic E-state index is 0.130. The molecule has 0 aromatic heterocycles. The molecule has 1 aliphatic rings. The lowest BCUT2D eigenvalue weighted by molar-refractivity contribution is 0.0321. The van der Waals surface area contributed by atoms with Gasteiger partial charge in [0.15, 0.2) is 0 Å². The van der Waals surface area contributed by atoms with Gasteiger partial charge in [-0.1, -0.05) is 6.08 Å². The van der Waals surface area contributed by atoms with E-state index < -0.39 is 7.52 Å². The molecule has 0 amide bonds. The van der Waals surface area contributed by atoms with Crippen molar-refractivity contribution in [2.24, 2.45) is 0 Å². The number of hydrogen-bond donors (Lipinski definition) is 0. The molecule has 0 aromatic carbocycles. The third-order valence-corrected chi connectivity index (χ3v) is 5.85. The Morgan fingerprint density at radius 1 is 1.50 bits per heavy atom. The van der Waals surface area contributed by atoms with Crippen LogP contribution in [-0.4, -0.2) is 28.5 Å². The van der Waals surface area contributed by atoms with E-state index in [-0.39, 0.29) is 11.1 Å². The quantitative estimate of drug-likeness (QED) is 0.549. The monoisotopic (exact) mass is 245 g/mol. The van der Waals surface area contributed by atoms with Crippen molar-refractivity contribution in [3.05, 3.63) is 12.7 Å². The Hall–Kier alpha value is -0.110. The second-order valence-corrected chi connectivity index (χ2v) is 8.31. The van der Waals surface area contributed by atoms with Crippen LogP contribution in [0.15, 0.2) is 12.7 Å². The molecule has 1 unspecified atom stereocenters. The molecular weight excluding hydrogens is 221 g/mol. The molecule has 1 aliphatic heterocycles.